The van der Waals surface area contributed by atoms with Gasteiger partial charge in [-0.1, -0.05) is 0 Å². The smallest absolute Gasteiger partial charge is 0.307 e. The molecule has 2 rings (SSSR count). The lowest BCUT2D eigenvalue weighted by atomic mass is 10.1. The van der Waals surface area contributed by atoms with Crippen LogP contribution in [0.25, 0.3) is 5.82 Å². The molecule has 2 aromatic rings. The van der Waals surface area contributed by atoms with Gasteiger partial charge in [-0.05, 0) is 25.5 Å². The highest BCUT2D eigenvalue weighted by atomic mass is 16.6. The number of aromatic nitrogens is 3. The van der Waals surface area contributed by atoms with Gasteiger partial charge in [0.25, 0.3) is 0 Å². The monoisotopic (exact) mass is 260 g/mol. The average Bonchev–Trinajstić information content (AvgIpc) is 2.76. The molecule has 8 heteroatoms. The number of aryl methyl sites for hydroxylation is 2. The molecule has 8 nitrogen and oxygen atoms in total. The van der Waals surface area contributed by atoms with Gasteiger partial charge in [-0.2, -0.15) is 5.10 Å². The summed E-state index contributed by atoms with van der Waals surface area (Å²) >= 11 is 0. The lowest BCUT2D eigenvalue weighted by Gasteiger charge is -2.11. The number of nitrogen functional groups attached to an aromatic ring is 1. The van der Waals surface area contributed by atoms with Gasteiger partial charge in [-0.15, -0.1) is 0 Å². The fourth-order valence-corrected chi connectivity index (χ4v) is 1.84. The van der Waals surface area contributed by atoms with Crippen molar-refractivity contribution in [1.29, 1.82) is 5.41 Å². The van der Waals surface area contributed by atoms with Crippen LogP contribution < -0.4 is 5.73 Å². The predicted octanol–water partition coefficient (Wildman–Crippen LogP) is 1.08. The maximum atomic E-state index is 10.7. The third kappa shape index (κ3) is 2.28. The number of nitrogens with two attached hydrogens (primary N) is 1. The molecule has 0 bridgehead atoms. The van der Waals surface area contributed by atoms with Crippen molar-refractivity contribution in [3.8, 4) is 5.82 Å². The van der Waals surface area contributed by atoms with E-state index in [0.717, 1.165) is 17.5 Å². The second-order valence-corrected chi connectivity index (χ2v) is 4.09. The van der Waals surface area contributed by atoms with Crippen LogP contribution in [0.2, 0.25) is 0 Å². The molecule has 0 spiro atoms. The molecule has 0 unspecified atom stereocenters. The van der Waals surface area contributed by atoms with Gasteiger partial charge in [0, 0.05) is 5.69 Å². The highest BCUT2D eigenvalue weighted by molar-refractivity contribution is 5.99. The summed E-state index contributed by atoms with van der Waals surface area (Å²) in [6.07, 6.45) is 2.37. The molecule has 0 aliphatic carbocycles. The molecule has 0 aromatic carbocycles. The van der Waals surface area contributed by atoms with Crippen molar-refractivity contribution >= 4 is 11.5 Å². The number of nitro groups is 1. The van der Waals surface area contributed by atoms with Crippen molar-refractivity contribution in [3.05, 3.63) is 45.4 Å². The zero-order valence-electron chi connectivity index (χ0n) is 10.4. The van der Waals surface area contributed by atoms with Crippen LogP contribution in [0.4, 0.5) is 5.69 Å². The SMILES string of the molecule is Cc1cc(C)c(C(=N)N)c(-n2cc([N+](=O)[O-])cn2)n1. The standard InChI is InChI=1S/C11H12N6O2/c1-6-3-7(2)15-11(9(6)10(12)13)16-5-8(4-14-16)17(18)19/h3-5H,1-2H3,(H3,12,13). The van der Waals surface area contributed by atoms with E-state index < -0.39 is 4.92 Å². The fourth-order valence-electron chi connectivity index (χ4n) is 1.84. The van der Waals surface area contributed by atoms with Gasteiger partial charge >= 0.3 is 5.69 Å². The molecule has 98 valence electrons. The van der Waals surface area contributed by atoms with Gasteiger partial charge in [0.05, 0.1) is 10.5 Å². The Morgan fingerprint density at radius 2 is 2.21 bits per heavy atom. The number of rotatable bonds is 3. The molecule has 0 amide bonds. The van der Waals surface area contributed by atoms with Crippen molar-refractivity contribution in [3.63, 3.8) is 0 Å². The van der Waals surface area contributed by atoms with Crippen molar-refractivity contribution in [1.82, 2.24) is 14.8 Å². The van der Waals surface area contributed by atoms with E-state index >= 15 is 0 Å². The molecule has 0 radical (unpaired) electrons. The van der Waals surface area contributed by atoms with E-state index in [1.165, 1.54) is 10.9 Å². The lowest BCUT2D eigenvalue weighted by Crippen LogP contribution is -2.18. The second kappa shape index (κ2) is 4.48. The second-order valence-electron chi connectivity index (χ2n) is 4.09. The minimum atomic E-state index is -0.542. The van der Waals surface area contributed by atoms with Crippen molar-refractivity contribution in [2.24, 2.45) is 5.73 Å². The van der Waals surface area contributed by atoms with Gasteiger partial charge in [0.15, 0.2) is 5.82 Å². The molecule has 3 N–H and O–H groups in total. The molecule has 2 heterocycles. The van der Waals surface area contributed by atoms with Crippen molar-refractivity contribution < 1.29 is 4.92 Å². The van der Waals surface area contributed by atoms with Gasteiger partial charge in [0.2, 0.25) is 0 Å². The number of nitrogens with one attached hydrogen (secondary N) is 1. The van der Waals surface area contributed by atoms with Crippen molar-refractivity contribution in [2.75, 3.05) is 0 Å². The fraction of sp³-hybridized carbons (Fsp3) is 0.182. The van der Waals surface area contributed by atoms with E-state index in [-0.39, 0.29) is 11.5 Å². The topological polar surface area (TPSA) is 124 Å². The predicted molar refractivity (Wildman–Crippen MR) is 68.5 cm³/mol. The largest absolute Gasteiger partial charge is 0.384 e. The van der Waals surface area contributed by atoms with Gasteiger partial charge in [-0.25, -0.2) is 9.67 Å². The Kier molecular flexibility index (Phi) is 2.99. The summed E-state index contributed by atoms with van der Waals surface area (Å²) in [5.74, 6) is 0.163. The molecule has 2 aromatic heterocycles. The molecule has 19 heavy (non-hydrogen) atoms. The third-order valence-corrected chi connectivity index (χ3v) is 2.59. The summed E-state index contributed by atoms with van der Waals surface area (Å²) < 4.78 is 1.26. The summed E-state index contributed by atoms with van der Waals surface area (Å²) in [4.78, 5) is 14.4. The number of amidine groups is 1. The average molecular weight is 260 g/mol. The number of hydrogen-bond acceptors (Lipinski definition) is 5. The zero-order valence-corrected chi connectivity index (χ0v) is 10.4. The van der Waals surface area contributed by atoms with E-state index in [9.17, 15) is 10.1 Å². The number of hydrogen-bond donors (Lipinski definition) is 2. The first-order chi connectivity index (χ1) is 8.90. The summed E-state index contributed by atoms with van der Waals surface area (Å²) in [7, 11) is 0. The Hall–Kier alpha value is -2.77. The van der Waals surface area contributed by atoms with E-state index in [1.807, 2.05) is 0 Å². The van der Waals surface area contributed by atoms with Gasteiger partial charge in [-0.3, -0.25) is 15.5 Å². The lowest BCUT2D eigenvalue weighted by molar-refractivity contribution is -0.384. The van der Waals surface area contributed by atoms with Crippen LogP contribution in [0, 0.1) is 29.4 Å². The number of pyridine rings is 1. The molecule has 0 atom stereocenters. The Morgan fingerprint density at radius 3 is 2.74 bits per heavy atom. The first kappa shape index (κ1) is 12.7. The van der Waals surface area contributed by atoms with E-state index in [4.69, 9.17) is 11.1 Å². The van der Waals surface area contributed by atoms with E-state index in [2.05, 4.69) is 10.1 Å². The zero-order chi connectivity index (χ0) is 14.2. The summed E-state index contributed by atoms with van der Waals surface area (Å²) in [6.45, 7) is 3.59. The van der Waals surface area contributed by atoms with Crippen LogP contribution in [0.3, 0.4) is 0 Å². The summed E-state index contributed by atoms with van der Waals surface area (Å²) in [5, 5.41) is 22.1. The van der Waals surface area contributed by atoms with Crippen molar-refractivity contribution in [2.45, 2.75) is 13.8 Å². The summed E-state index contributed by atoms with van der Waals surface area (Å²) in [5.41, 5.74) is 7.30. The molecule has 0 aliphatic rings. The maximum absolute atomic E-state index is 10.7. The summed E-state index contributed by atoms with van der Waals surface area (Å²) in [6, 6.07) is 1.79. The molecule has 0 fully saturated rings. The van der Waals surface area contributed by atoms with Gasteiger partial charge < -0.3 is 5.73 Å². The van der Waals surface area contributed by atoms with Gasteiger partial charge in [0.1, 0.15) is 18.2 Å². The van der Waals surface area contributed by atoms with Crippen LogP contribution in [-0.4, -0.2) is 25.5 Å². The van der Waals surface area contributed by atoms with Crippen LogP contribution in [0.1, 0.15) is 16.8 Å². The molecule has 0 saturated heterocycles. The quantitative estimate of drug-likeness (QED) is 0.370. The van der Waals surface area contributed by atoms with Crippen LogP contribution in [0.15, 0.2) is 18.5 Å². The molecule has 0 aliphatic heterocycles. The van der Waals surface area contributed by atoms with Crippen LogP contribution in [-0.2, 0) is 0 Å². The normalized spacial score (nSPS) is 10.4. The van der Waals surface area contributed by atoms with Crippen LogP contribution in [0.5, 0.6) is 0 Å². The first-order valence-corrected chi connectivity index (χ1v) is 5.42. The molecular formula is C11H12N6O2. The van der Waals surface area contributed by atoms with Crippen LogP contribution >= 0.6 is 0 Å². The Balaban J connectivity index is 2.66. The Labute approximate surface area is 108 Å². The Bertz CT molecular complexity index is 676. The number of nitrogens with zero attached hydrogens (tertiary/aromatic N) is 4. The van der Waals surface area contributed by atoms with E-state index in [0.29, 0.717) is 11.4 Å². The molecular weight excluding hydrogens is 248 g/mol. The van der Waals surface area contributed by atoms with E-state index in [1.54, 1.807) is 19.9 Å². The minimum Gasteiger partial charge on any atom is -0.384 e. The third-order valence-electron chi connectivity index (χ3n) is 2.59. The minimum absolute atomic E-state index is 0.143. The highest BCUT2D eigenvalue weighted by Gasteiger charge is 2.17. The first-order valence-electron chi connectivity index (χ1n) is 5.42. The molecule has 0 saturated carbocycles. The highest BCUT2D eigenvalue weighted by Crippen LogP contribution is 2.19. The Morgan fingerprint density at radius 1 is 1.53 bits per heavy atom. The maximum Gasteiger partial charge on any atom is 0.307 e.